The molecule has 1 aromatic rings. The summed E-state index contributed by atoms with van der Waals surface area (Å²) in [7, 11) is 0. The fourth-order valence-corrected chi connectivity index (χ4v) is 2.89. The van der Waals surface area contributed by atoms with Gasteiger partial charge in [0.05, 0.1) is 5.60 Å². The summed E-state index contributed by atoms with van der Waals surface area (Å²) in [5.41, 5.74) is 0.710. The van der Waals surface area contributed by atoms with Crippen LogP contribution in [0.1, 0.15) is 31.7 Å². The zero-order chi connectivity index (χ0) is 13.0. The molecule has 98 valence electrons. The first-order valence-electron chi connectivity index (χ1n) is 6.77. The van der Waals surface area contributed by atoms with Crippen molar-refractivity contribution < 1.29 is 5.11 Å². The van der Waals surface area contributed by atoms with Crippen LogP contribution >= 0.6 is 0 Å². The lowest BCUT2D eigenvalue weighted by Crippen LogP contribution is -2.54. The molecule has 2 heteroatoms. The third-order valence-corrected chi connectivity index (χ3v) is 4.11. The van der Waals surface area contributed by atoms with Crippen LogP contribution in [0.5, 0.6) is 0 Å². The van der Waals surface area contributed by atoms with Gasteiger partial charge in [0.2, 0.25) is 0 Å². The van der Waals surface area contributed by atoms with Gasteiger partial charge in [-0.2, -0.15) is 0 Å². The van der Waals surface area contributed by atoms with Gasteiger partial charge in [0.1, 0.15) is 0 Å². The third-order valence-electron chi connectivity index (χ3n) is 4.11. The highest BCUT2D eigenvalue weighted by molar-refractivity contribution is 5.15. The molecule has 0 spiro atoms. The summed E-state index contributed by atoms with van der Waals surface area (Å²) < 4.78 is 0. The topological polar surface area (TPSA) is 23.5 Å². The first-order chi connectivity index (χ1) is 8.65. The maximum Gasteiger partial charge on any atom is 0.0834 e. The van der Waals surface area contributed by atoms with Crippen molar-refractivity contribution >= 4 is 0 Å². The van der Waals surface area contributed by atoms with E-state index in [1.54, 1.807) is 0 Å². The maximum absolute atomic E-state index is 10.7. The molecule has 0 amide bonds. The van der Waals surface area contributed by atoms with Gasteiger partial charge in [-0.05, 0) is 38.3 Å². The summed E-state index contributed by atoms with van der Waals surface area (Å²) in [6.45, 7) is 7.88. The number of hydrogen-bond donors (Lipinski definition) is 1. The molecular weight excluding hydrogens is 222 g/mol. The van der Waals surface area contributed by atoms with Gasteiger partial charge >= 0.3 is 0 Å². The Morgan fingerprint density at radius 1 is 1.44 bits per heavy atom. The number of piperidine rings is 1. The van der Waals surface area contributed by atoms with E-state index >= 15 is 0 Å². The van der Waals surface area contributed by atoms with Gasteiger partial charge in [0, 0.05) is 12.6 Å². The molecule has 1 aliphatic rings. The van der Waals surface area contributed by atoms with Crippen LogP contribution in [0.15, 0.2) is 43.0 Å². The summed E-state index contributed by atoms with van der Waals surface area (Å²) in [6, 6.07) is 10.7. The maximum atomic E-state index is 10.7. The van der Waals surface area contributed by atoms with Crippen LogP contribution in [0.4, 0.5) is 0 Å². The third kappa shape index (κ3) is 2.82. The Labute approximate surface area is 110 Å². The minimum Gasteiger partial charge on any atom is -0.388 e. The van der Waals surface area contributed by atoms with Crippen molar-refractivity contribution in [2.75, 3.05) is 6.54 Å². The Hall–Kier alpha value is -1.12. The lowest BCUT2D eigenvalue weighted by atomic mass is 9.82. The largest absolute Gasteiger partial charge is 0.388 e. The van der Waals surface area contributed by atoms with E-state index in [9.17, 15) is 5.11 Å². The van der Waals surface area contributed by atoms with Gasteiger partial charge in [-0.1, -0.05) is 36.4 Å². The predicted molar refractivity (Wildman–Crippen MR) is 75.3 cm³/mol. The fraction of sp³-hybridized carbons (Fsp3) is 0.500. The van der Waals surface area contributed by atoms with Gasteiger partial charge in [-0.25, -0.2) is 0 Å². The van der Waals surface area contributed by atoms with E-state index < -0.39 is 5.60 Å². The smallest absolute Gasteiger partial charge is 0.0834 e. The van der Waals surface area contributed by atoms with Crippen LogP contribution in [-0.2, 0) is 6.54 Å². The second kappa shape index (κ2) is 5.68. The molecule has 18 heavy (non-hydrogen) atoms. The molecule has 0 bridgehead atoms. The van der Waals surface area contributed by atoms with Crippen molar-refractivity contribution in [2.45, 2.75) is 44.4 Å². The van der Waals surface area contributed by atoms with Crippen LogP contribution in [0.25, 0.3) is 0 Å². The lowest BCUT2D eigenvalue weighted by Gasteiger charge is -2.45. The Morgan fingerprint density at radius 2 is 2.17 bits per heavy atom. The zero-order valence-electron chi connectivity index (χ0n) is 11.2. The first kappa shape index (κ1) is 13.3. The highest BCUT2D eigenvalue weighted by Gasteiger charge is 2.39. The van der Waals surface area contributed by atoms with Gasteiger partial charge < -0.3 is 5.11 Å². The van der Waals surface area contributed by atoms with Crippen molar-refractivity contribution in [3.63, 3.8) is 0 Å². The van der Waals surface area contributed by atoms with E-state index in [1.807, 2.05) is 12.1 Å². The molecule has 1 heterocycles. The van der Waals surface area contributed by atoms with Crippen molar-refractivity contribution in [3.8, 4) is 0 Å². The molecule has 1 aromatic carbocycles. The van der Waals surface area contributed by atoms with E-state index in [4.69, 9.17) is 0 Å². The Kier molecular flexibility index (Phi) is 4.20. The van der Waals surface area contributed by atoms with Gasteiger partial charge in [0.15, 0.2) is 0 Å². The second-order valence-corrected chi connectivity index (χ2v) is 5.33. The van der Waals surface area contributed by atoms with Crippen molar-refractivity contribution in [1.82, 2.24) is 4.90 Å². The summed E-state index contributed by atoms with van der Waals surface area (Å²) in [5.74, 6) is 0. The van der Waals surface area contributed by atoms with E-state index in [2.05, 4.69) is 42.7 Å². The van der Waals surface area contributed by atoms with E-state index in [0.717, 1.165) is 25.9 Å². The van der Waals surface area contributed by atoms with Gasteiger partial charge in [-0.3, -0.25) is 4.90 Å². The fourth-order valence-electron chi connectivity index (χ4n) is 2.89. The number of hydrogen-bond acceptors (Lipinski definition) is 2. The van der Waals surface area contributed by atoms with E-state index in [0.29, 0.717) is 6.42 Å². The Bertz CT molecular complexity index is 389. The number of rotatable bonds is 4. The van der Waals surface area contributed by atoms with E-state index in [-0.39, 0.29) is 6.04 Å². The normalized spacial score (nSPS) is 29.1. The molecule has 1 saturated heterocycles. The molecule has 0 unspecified atom stereocenters. The lowest BCUT2D eigenvalue weighted by molar-refractivity contribution is -0.0744. The molecule has 0 radical (unpaired) electrons. The molecule has 2 nitrogen and oxygen atoms in total. The summed E-state index contributed by atoms with van der Waals surface area (Å²) in [4.78, 5) is 2.38. The average molecular weight is 245 g/mol. The number of benzene rings is 1. The number of nitrogens with zero attached hydrogens (tertiary/aromatic N) is 1. The molecule has 2 atom stereocenters. The van der Waals surface area contributed by atoms with Crippen LogP contribution in [0, 0.1) is 0 Å². The minimum atomic E-state index is -0.602. The quantitative estimate of drug-likeness (QED) is 0.824. The molecule has 1 aliphatic heterocycles. The molecule has 1 fully saturated rings. The first-order valence-corrected chi connectivity index (χ1v) is 6.77. The SMILES string of the molecule is C=CC[C@@]1(O)CCCN(Cc2ccccc2)[C@@H]1C. The van der Waals surface area contributed by atoms with Gasteiger partial charge in [-0.15, -0.1) is 6.58 Å². The number of aliphatic hydroxyl groups is 1. The highest BCUT2D eigenvalue weighted by atomic mass is 16.3. The predicted octanol–water partition coefficient (Wildman–Crippen LogP) is 2.98. The molecule has 1 N–H and O–H groups in total. The monoisotopic (exact) mass is 245 g/mol. The molecule has 0 saturated carbocycles. The van der Waals surface area contributed by atoms with Crippen molar-refractivity contribution in [3.05, 3.63) is 48.6 Å². The van der Waals surface area contributed by atoms with Crippen LogP contribution in [-0.4, -0.2) is 28.2 Å². The summed E-state index contributed by atoms with van der Waals surface area (Å²) in [6.07, 6.45) is 4.45. The Morgan fingerprint density at radius 3 is 2.83 bits per heavy atom. The molecule has 2 rings (SSSR count). The standard InChI is InChI=1S/C16H23NO/c1-3-10-16(18)11-7-12-17(14(16)2)13-15-8-5-4-6-9-15/h3-6,8-9,14,18H,1,7,10-13H2,2H3/t14-,16-/m1/s1. The van der Waals surface area contributed by atoms with E-state index in [1.165, 1.54) is 5.56 Å². The van der Waals surface area contributed by atoms with Crippen LogP contribution in [0.3, 0.4) is 0 Å². The second-order valence-electron chi connectivity index (χ2n) is 5.33. The van der Waals surface area contributed by atoms with Crippen LogP contribution < -0.4 is 0 Å². The summed E-state index contributed by atoms with van der Waals surface area (Å²) >= 11 is 0. The molecule has 0 aromatic heterocycles. The molecular formula is C16H23NO. The van der Waals surface area contributed by atoms with Crippen molar-refractivity contribution in [1.29, 1.82) is 0 Å². The highest BCUT2D eigenvalue weighted by Crippen LogP contribution is 2.31. The minimum absolute atomic E-state index is 0.185. The van der Waals surface area contributed by atoms with Crippen LogP contribution in [0.2, 0.25) is 0 Å². The zero-order valence-corrected chi connectivity index (χ0v) is 11.2. The number of likely N-dealkylation sites (tertiary alicyclic amines) is 1. The summed E-state index contributed by atoms with van der Waals surface area (Å²) in [5, 5.41) is 10.7. The Balaban J connectivity index is 2.07. The van der Waals surface area contributed by atoms with Gasteiger partial charge in [0.25, 0.3) is 0 Å². The average Bonchev–Trinajstić information content (AvgIpc) is 2.37. The molecule has 0 aliphatic carbocycles. The van der Waals surface area contributed by atoms with Crippen molar-refractivity contribution in [2.24, 2.45) is 0 Å².